The van der Waals surface area contributed by atoms with Crippen LogP contribution in [0.5, 0.6) is 0 Å². The van der Waals surface area contributed by atoms with Gasteiger partial charge in [-0.1, -0.05) is 19.1 Å². The molecule has 1 aliphatic rings. The Labute approximate surface area is 125 Å². The van der Waals surface area contributed by atoms with Crippen molar-refractivity contribution in [3.05, 3.63) is 35.4 Å². The second-order valence-electron chi connectivity index (χ2n) is 4.72. The van der Waals surface area contributed by atoms with E-state index in [-0.39, 0.29) is 18.3 Å². The Morgan fingerprint density at radius 1 is 1.37 bits per heavy atom. The summed E-state index contributed by atoms with van der Waals surface area (Å²) in [7, 11) is 0. The quantitative estimate of drug-likeness (QED) is 0.913. The van der Waals surface area contributed by atoms with Gasteiger partial charge in [0, 0.05) is 35.7 Å². The summed E-state index contributed by atoms with van der Waals surface area (Å²) in [5, 5.41) is 0.506. The molecule has 0 aliphatic carbocycles. The number of thioether (sulfide) groups is 1. The molecule has 2 atom stereocenters. The van der Waals surface area contributed by atoms with Crippen LogP contribution < -0.4 is 5.73 Å². The highest BCUT2D eigenvalue weighted by Crippen LogP contribution is 2.25. The molecule has 19 heavy (non-hydrogen) atoms. The van der Waals surface area contributed by atoms with Crippen LogP contribution in [0.1, 0.15) is 29.8 Å². The van der Waals surface area contributed by atoms with Crippen LogP contribution in [0.3, 0.4) is 0 Å². The zero-order valence-corrected chi connectivity index (χ0v) is 13.0. The van der Waals surface area contributed by atoms with Crippen molar-refractivity contribution in [3.8, 4) is 0 Å². The van der Waals surface area contributed by atoms with Gasteiger partial charge in [-0.2, -0.15) is 11.8 Å². The molecule has 0 bridgehead atoms. The zero-order valence-electron chi connectivity index (χ0n) is 11.3. The lowest BCUT2D eigenvalue weighted by Crippen LogP contribution is -2.47. The minimum absolute atomic E-state index is 0. The van der Waals surface area contributed by atoms with Gasteiger partial charge in [-0.15, -0.1) is 12.4 Å². The van der Waals surface area contributed by atoms with Gasteiger partial charge < -0.3 is 10.6 Å². The van der Waals surface area contributed by atoms with E-state index < -0.39 is 0 Å². The first kappa shape index (κ1) is 16.3. The maximum atomic E-state index is 12.4. The summed E-state index contributed by atoms with van der Waals surface area (Å²) in [6.45, 7) is 5.67. The van der Waals surface area contributed by atoms with Gasteiger partial charge >= 0.3 is 0 Å². The molecule has 5 heteroatoms. The molecule has 2 N–H and O–H groups in total. The number of amides is 1. The van der Waals surface area contributed by atoms with E-state index in [2.05, 4.69) is 13.8 Å². The highest BCUT2D eigenvalue weighted by molar-refractivity contribution is 8.00. The second-order valence-corrected chi connectivity index (χ2v) is 6.20. The summed E-state index contributed by atoms with van der Waals surface area (Å²) in [4.78, 5) is 14.4. The monoisotopic (exact) mass is 300 g/mol. The van der Waals surface area contributed by atoms with Crippen molar-refractivity contribution in [2.45, 2.75) is 31.7 Å². The number of rotatable bonds is 2. The first-order valence-electron chi connectivity index (χ1n) is 6.35. The van der Waals surface area contributed by atoms with E-state index >= 15 is 0 Å². The largest absolute Gasteiger partial charge is 0.334 e. The number of halogens is 1. The molecule has 1 aromatic carbocycles. The third-order valence-corrected chi connectivity index (χ3v) is 4.92. The fourth-order valence-corrected chi connectivity index (χ4v) is 3.27. The summed E-state index contributed by atoms with van der Waals surface area (Å²) in [6, 6.07) is 7.92. The number of nitrogens with zero attached hydrogens (tertiary/aromatic N) is 1. The normalized spacial score (nSPS) is 22.8. The summed E-state index contributed by atoms with van der Waals surface area (Å²) >= 11 is 1.94. The first-order valence-corrected chi connectivity index (χ1v) is 7.40. The molecule has 1 fully saturated rings. The molecule has 1 aromatic rings. The Hall–Kier alpha value is -0.710. The number of hydrogen-bond acceptors (Lipinski definition) is 3. The highest BCUT2D eigenvalue weighted by atomic mass is 35.5. The fraction of sp³-hybridized carbons (Fsp3) is 0.500. The van der Waals surface area contributed by atoms with Crippen LogP contribution in [0, 0.1) is 0 Å². The third-order valence-electron chi connectivity index (χ3n) is 3.58. The first-order chi connectivity index (χ1) is 8.63. The van der Waals surface area contributed by atoms with Gasteiger partial charge in [0.15, 0.2) is 0 Å². The van der Waals surface area contributed by atoms with Gasteiger partial charge in [-0.05, 0) is 24.6 Å². The van der Waals surface area contributed by atoms with E-state index in [1.165, 1.54) is 0 Å². The van der Waals surface area contributed by atoms with Crippen molar-refractivity contribution in [3.63, 3.8) is 0 Å². The number of hydrogen-bond donors (Lipinski definition) is 1. The molecular formula is C14H21ClN2OS. The number of carbonyl (C=O) groups is 1. The molecule has 2 rings (SSSR count). The number of benzene rings is 1. The maximum absolute atomic E-state index is 12.4. The van der Waals surface area contributed by atoms with E-state index in [0.29, 0.717) is 17.8 Å². The van der Waals surface area contributed by atoms with Crippen molar-refractivity contribution in [1.29, 1.82) is 0 Å². The summed E-state index contributed by atoms with van der Waals surface area (Å²) < 4.78 is 0. The van der Waals surface area contributed by atoms with Crippen molar-refractivity contribution in [2.24, 2.45) is 5.73 Å². The number of carbonyl (C=O) groups excluding carboxylic acids is 1. The lowest BCUT2D eigenvalue weighted by atomic mass is 10.1. The Kier molecular flexibility index (Phi) is 6.17. The Morgan fingerprint density at radius 3 is 2.58 bits per heavy atom. The van der Waals surface area contributed by atoms with Gasteiger partial charge in [-0.25, -0.2) is 0 Å². The van der Waals surface area contributed by atoms with Crippen LogP contribution in [0.25, 0.3) is 0 Å². The average Bonchev–Trinajstić information content (AvgIpc) is 2.41. The minimum Gasteiger partial charge on any atom is -0.334 e. The van der Waals surface area contributed by atoms with Crippen molar-refractivity contribution in [2.75, 3.05) is 12.3 Å². The fourth-order valence-electron chi connectivity index (χ4n) is 2.17. The van der Waals surface area contributed by atoms with Crippen molar-refractivity contribution < 1.29 is 4.79 Å². The van der Waals surface area contributed by atoms with E-state index in [1.807, 2.05) is 40.9 Å². The topological polar surface area (TPSA) is 46.3 Å². The smallest absolute Gasteiger partial charge is 0.254 e. The predicted octanol–water partition coefficient (Wildman–Crippen LogP) is 2.53. The molecule has 0 spiro atoms. The molecule has 1 saturated heterocycles. The summed E-state index contributed by atoms with van der Waals surface area (Å²) in [6.07, 6.45) is 0. The highest BCUT2D eigenvalue weighted by Gasteiger charge is 2.29. The Bertz CT molecular complexity index is 424. The lowest BCUT2D eigenvalue weighted by Gasteiger charge is -2.37. The third kappa shape index (κ3) is 3.65. The van der Waals surface area contributed by atoms with Crippen LogP contribution in [0.4, 0.5) is 0 Å². The molecule has 2 unspecified atom stereocenters. The zero-order chi connectivity index (χ0) is 13.1. The lowest BCUT2D eigenvalue weighted by molar-refractivity contribution is 0.0698. The molecule has 1 amide bonds. The molecule has 0 radical (unpaired) electrons. The molecule has 0 aromatic heterocycles. The van der Waals surface area contributed by atoms with Crippen LogP contribution in [0.15, 0.2) is 24.3 Å². The standard InChI is InChI=1S/C14H20N2OS.ClH/c1-10-11(2)18-8-7-16(10)14(17)13-5-3-12(9-15)4-6-13;/h3-6,10-11H,7-9,15H2,1-2H3;1H. The SMILES string of the molecule is CC1SCCN(C(=O)c2ccc(CN)cc2)C1C.Cl. The Morgan fingerprint density at radius 2 is 2.00 bits per heavy atom. The van der Waals surface area contributed by atoms with Gasteiger partial charge in [-0.3, -0.25) is 4.79 Å². The van der Waals surface area contributed by atoms with Gasteiger partial charge in [0.25, 0.3) is 5.91 Å². The van der Waals surface area contributed by atoms with Crippen LogP contribution in [0.2, 0.25) is 0 Å². The van der Waals surface area contributed by atoms with Crippen LogP contribution in [-0.2, 0) is 6.54 Å². The molecule has 3 nitrogen and oxygen atoms in total. The predicted molar refractivity (Wildman–Crippen MR) is 84.0 cm³/mol. The molecule has 106 valence electrons. The van der Waals surface area contributed by atoms with E-state index in [0.717, 1.165) is 23.4 Å². The average molecular weight is 301 g/mol. The number of nitrogens with two attached hydrogens (primary N) is 1. The van der Waals surface area contributed by atoms with Gasteiger partial charge in [0.05, 0.1) is 0 Å². The van der Waals surface area contributed by atoms with E-state index in [1.54, 1.807) is 0 Å². The molecule has 1 aliphatic heterocycles. The van der Waals surface area contributed by atoms with E-state index in [9.17, 15) is 4.79 Å². The minimum atomic E-state index is 0. The maximum Gasteiger partial charge on any atom is 0.254 e. The Balaban J connectivity index is 0.00000180. The molecule has 0 saturated carbocycles. The summed E-state index contributed by atoms with van der Waals surface area (Å²) in [5.41, 5.74) is 7.38. The summed E-state index contributed by atoms with van der Waals surface area (Å²) in [5.74, 6) is 1.16. The second kappa shape index (κ2) is 7.17. The van der Waals surface area contributed by atoms with E-state index in [4.69, 9.17) is 5.73 Å². The van der Waals surface area contributed by atoms with Crippen LogP contribution in [-0.4, -0.2) is 34.4 Å². The van der Waals surface area contributed by atoms with Gasteiger partial charge in [0.1, 0.15) is 0 Å². The van der Waals surface area contributed by atoms with Crippen LogP contribution >= 0.6 is 24.2 Å². The van der Waals surface area contributed by atoms with Crippen molar-refractivity contribution in [1.82, 2.24) is 4.90 Å². The van der Waals surface area contributed by atoms with Crippen molar-refractivity contribution >= 4 is 30.1 Å². The molecular weight excluding hydrogens is 280 g/mol. The van der Waals surface area contributed by atoms with Gasteiger partial charge in [0.2, 0.25) is 0 Å². The molecule has 1 heterocycles.